The van der Waals surface area contributed by atoms with Crippen molar-refractivity contribution < 1.29 is 0 Å². The fourth-order valence-corrected chi connectivity index (χ4v) is 4.36. The van der Waals surface area contributed by atoms with Crippen LogP contribution in [-0.4, -0.2) is 24.7 Å². The number of nitrogens with zero attached hydrogens (tertiary/aromatic N) is 4. The van der Waals surface area contributed by atoms with E-state index in [-0.39, 0.29) is 0 Å². The molecule has 6 heteroatoms. The average Bonchev–Trinajstić information content (AvgIpc) is 3.37. The van der Waals surface area contributed by atoms with E-state index >= 15 is 0 Å². The summed E-state index contributed by atoms with van der Waals surface area (Å²) in [5, 5.41) is 6.93. The molecule has 3 N–H and O–H groups in total. The summed E-state index contributed by atoms with van der Waals surface area (Å²) in [4.78, 5) is 12.3. The second kappa shape index (κ2) is 6.19. The van der Waals surface area contributed by atoms with Gasteiger partial charge in [-0.25, -0.2) is 14.6 Å². The Kier molecular flexibility index (Phi) is 3.75. The predicted molar refractivity (Wildman–Crippen MR) is 114 cm³/mol. The summed E-state index contributed by atoms with van der Waals surface area (Å²) in [5.41, 5.74) is 12.1. The molecule has 1 aromatic carbocycles. The normalized spacial score (nSPS) is 19.6. The third kappa shape index (κ3) is 2.59. The van der Waals surface area contributed by atoms with E-state index in [1.807, 2.05) is 6.92 Å². The molecule has 5 rings (SSSR count). The van der Waals surface area contributed by atoms with Crippen LogP contribution in [0.1, 0.15) is 44.7 Å². The minimum Gasteiger partial charge on any atom is -0.383 e. The molecule has 1 saturated carbocycles. The lowest BCUT2D eigenvalue weighted by Crippen LogP contribution is -2.08. The van der Waals surface area contributed by atoms with E-state index < -0.39 is 0 Å². The molecule has 4 aromatic rings. The van der Waals surface area contributed by atoms with Gasteiger partial charge in [-0.3, -0.25) is 0 Å². The molecule has 0 amide bonds. The standard InChI is InChI=1S/C22H24N6/c1-12(2)14-5-6-15-10-18(26-17(15)9-14)20-19-21(23)24-11-25-22(19)28(27-20)16-7-4-13(3)8-16/h5-6,9-11,13,16,26H,1,4,7-8H2,2-3H3,(H2,23,24,25). The molecule has 1 aliphatic rings. The number of anilines is 1. The number of rotatable bonds is 3. The van der Waals surface area contributed by atoms with Crippen LogP contribution in [0.2, 0.25) is 0 Å². The molecule has 0 bridgehead atoms. The van der Waals surface area contributed by atoms with E-state index in [0.717, 1.165) is 57.3 Å². The SMILES string of the molecule is C=C(C)c1ccc2cc(-c3nn(C4CCC(C)C4)c4ncnc(N)c34)[nH]c2c1. The highest BCUT2D eigenvalue weighted by atomic mass is 15.3. The highest BCUT2D eigenvalue weighted by Gasteiger charge is 2.28. The zero-order chi connectivity index (χ0) is 19.4. The van der Waals surface area contributed by atoms with Crippen LogP contribution in [0.4, 0.5) is 5.82 Å². The Hall–Kier alpha value is -3.15. The van der Waals surface area contributed by atoms with Crippen LogP contribution in [0.3, 0.4) is 0 Å². The Morgan fingerprint density at radius 2 is 2.11 bits per heavy atom. The monoisotopic (exact) mass is 372 g/mol. The summed E-state index contributed by atoms with van der Waals surface area (Å²) >= 11 is 0. The van der Waals surface area contributed by atoms with Gasteiger partial charge in [0.05, 0.1) is 17.1 Å². The van der Waals surface area contributed by atoms with Crippen LogP contribution in [0.15, 0.2) is 37.2 Å². The van der Waals surface area contributed by atoms with Crippen molar-refractivity contribution in [1.82, 2.24) is 24.7 Å². The van der Waals surface area contributed by atoms with Crippen LogP contribution in [-0.2, 0) is 0 Å². The Balaban J connectivity index is 1.70. The van der Waals surface area contributed by atoms with Crippen LogP contribution in [0, 0.1) is 5.92 Å². The molecule has 3 aromatic heterocycles. The average molecular weight is 372 g/mol. The first kappa shape index (κ1) is 17.0. The van der Waals surface area contributed by atoms with E-state index in [9.17, 15) is 0 Å². The molecular formula is C22H24N6. The predicted octanol–water partition coefficient (Wildman–Crippen LogP) is 4.95. The molecule has 0 radical (unpaired) electrons. The van der Waals surface area contributed by atoms with Gasteiger partial charge in [0.25, 0.3) is 0 Å². The second-order valence-corrected chi connectivity index (χ2v) is 8.09. The molecule has 28 heavy (non-hydrogen) atoms. The highest BCUT2D eigenvalue weighted by molar-refractivity contribution is 6.00. The maximum atomic E-state index is 6.26. The fourth-order valence-electron chi connectivity index (χ4n) is 4.36. The van der Waals surface area contributed by atoms with Crippen LogP contribution in [0.25, 0.3) is 38.9 Å². The summed E-state index contributed by atoms with van der Waals surface area (Å²) in [6.45, 7) is 8.35. The third-order valence-corrected chi connectivity index (χ3v) is 5.90. The molecule has 142 valence electrons. The molecule has 2 atom stereocenters. The minimum absolute atomic E-state index is 0.361. The number of fused-ring (bicyclic) bond motifs is 2. The van der Waals surface area contributed by atoms with Crippen molar-refractivity contribution in [2.75, 3.05) is 5.73 Å². The van der Waals surface area contributed by atoms with Crippen LogP contribution in [0.5, 0.6) is 0 Å². The topological polar surface area (TPSA) is 85.4 Å². The van der Waals surface area contributed by atoms with Gasteiger partial charge in [0.2, 0.25) is 0 Å². The maximum absolute atomic E-state index is 6.26. The van der Waals surface area contributed by atoms with Gasteiger partial charge in [0.15, 0.2) is 5.65 Å². The summed E-state index contributed by atoms with van der Waals surface area (Å²) in [5.74, 6) is 1.18. The van der Waals surface area contributed by atoms with Gasteiger partial charge in [0.1, 0.15) is 17.8 Å². The van der Waals surface area contributed by atoms with Crippen LogP contribution >= 0.6 is 0 Å². The number of hydrogen-bond acceptors (Lipinski definition) is 4. The summed E-state index contributed by atoms with van der Waals surface area (Å²) in [7, 11) is 0. The van der Waals surface area contributed by atoms with Crippen molar-refractivity contribution >= 4 is 33.3 Å². The Labute approximate surface area is 163 Å². The van der Waals surface area contributed by atoms with E-state index in [1.165, 1.54) is 12.7 Å². The molecule has 1 fully saturated rings. The quantitative estimate of drug-likeness (QED) is 0.533. The number of hydrogen-bond donors (Lipinski definition) is 2. The van der Waals surface area contributed by atoms with Crippen molar-refractivity contribution in [2.45, 2.75) is 39.2 Å². The van der Waals surface area contributed by atoms with Gasteiger partial charge in [-0.2, -0.15) is 5.10 Å². The molecule has 6 nitrogen and oxygen atoms in total. The van der Waals surface area contributed by atoms with E-state index in [2.05, 4.69) is 57.4 Å². The summed E-state index contributed by atoms with van der Waals surface area (Å²) in [6, 6.07) is 8.81. The van der Waals surface area contributed by atoms with Crippen molar-refractivity contribution in [1.29, 1.82) is 0 Å². The number of allylic oxidation sites excluding steroid dienone is 1. The first-order valence-corrected chi connectivity index (χ1v) is 9.79. The van der Waals surface area contributed by atoms with Gasteiger partial charge in [-0.1, -0.05) is 31.2 Å². The number of nitrogens with two attached hydrogens (primary N) is 1. The third-order valence-electron chi connectivity index (χ3n) is 5.90. The number of aromatic nitrogens is 5. The second-order valence-electron chi connectivity index (χ2n) is 8.09. The zero-order valence-electron chi connectivity index (χ0n) is 16.2. The molecule has 0 aliphatic heterocycles. The lowest BCUT2D eigenvalue weighted by atomic mass is 10.1. The smallest absolute Gasteiger partial charge is 0.164 e. The van der Waals surface area contributed by atoms with Crippen molar-refractivity contribution in [3.8, 4) is 11.4 Å². The number of aromatic amines is 1. The number of nitrogens with one attached hydrogen (secondary N) is 1. The molecule has 2 unspecified atom stereocenters. The first-order chi connectivity index (χ1) is 13.5. The molecule has 3 heterocycles. The number of H-pyrrole nitrogens is 1. The van der Waals surface area contributed by atoms with Gasteiger partial charge in [0, 0.05) is 10.9 Å². The largest absolute Gasteiger partial charge is 0.383 e. The zero-order valence-corrected chi connectivity index (χ0v) is 16.2. The fraction of sp³-hybridized carbons (Fsp3) is 0.318. The van der Waals surface area contributed by atoms with E-state index in [4.69, 9.17) is 10.8 Å². The molecule has 1 aliphatic carbocycles. The highest BCUT2D eigenvalue weighted by Crippen LogP contribution is 2.39. The summed E-state index contributed by atoms with van der Waals surface area (Å²) in [6.07, 6.45) is 4.99. The minimum atomic E-state index is 0.361. The Morgan fingerprint density at radius 3 is 2.86 bits per heavy atom. The van der Waals surface area contributed by atoms with Gasteiger partial charge in [-0.05, 0) is 49.8 Å². The number of nitrogen functional groups attached to an aromatic ring is 1. The molecule has 0 spiro atoms. The molecule has 0 saturated heterocycles. The van der Waals surface area contributed by atoms with Crippen molar-refractivity contribution in [3.63, 3.8) is 0 Å². The van der Waals surface area contributed by atoms with Gasteiger partial charge < -0.3 is 10.7 Å². The lowest BCUT2D eigenvalue weighted by molar-refractivity contribution is 0.461. The van der Waals surface area contributed by atoms with Gasteiger partial charge >= 0.3 is 0 Å². The molecular weight excluding hydrogens is 348 g/mol. The lowest BCUT2D eigenvalue weighted by Gasteiger charge is -2.10. The Morgan fingerprint density at radius 1 is 1.25 bits per heavy atom. The Bertz CT molecular complexity index is 1210. The van der Waals surface area contributed by atoms with Crippen molar-refractivity contribution in [3.05, 3.63) is 42.7 Å². The van der Waals surface area contributed by atoms with Crippen molar-refractivity contribution in [2.24, 2.45) is 5.92 Å². The number of benzene rings is 1. The van der Waals surface area contributed by atoms with Crippen LogP contribution < -0.4 is 5.73 Å². The maximum Gasteiger partial charge on any atom is 0.164 e. The van der Waals surface area contributed by atoms with E-state index in [1.54, 1.807) is 0 Å². The van der Waals surface area contributed by atoms with Gasteiger partial charge in [-0.15, -0.1) is 0 Å². The first-order valence-electron chi connectivity index (χ1n) is 9.79. The van der Waals surface area contributed by atoms with E-state index in [0.29, 0.717) is 17.8 Å². The summed E-state index contributed by atoms with van der Waals surface area (Å²) < 4.78 is 2.07.